The van der Waals surface area contributed by atoms with Gasteiger partial charge in [-0.2, -0.15) is 0 Å². The van der Waals surface area contributed by atoms with Crippen LogP contribution in [0.2, 0.25) is 0 Å². The fourth-order valence-corrected chi connectivity index (χ4v) is 0.0873. The van der Waals surface area contributed by atoms with Gasteiger partial charge in [0.05, 0.1) is 7.11 Å². The SMILES string of the molecule is C=C(OC)C(=O)O.[K]. The quantitative estimate of drug-likeness (QED) is 0.330. The Bertz CT molecular complexity index is 99.5. The van der Waals surface area contributed by atoms with E-state index in [4.69, 9.17) is 5.11 Å². The van der Waals surface area contributed by atoms with Crippen molar-refractivity contribution in [3.8, 4) is 0 Å². The molecule has 0 saturated heterocycles. The second-order valence-electron chi connectivity index (χ2n) is 0.932. The van der Waals surface area contributed by atoms with Gasteiger partial charge in [0, 0.05) is 51.4 Å². The first-order valence-corrected chi connectivity index (χ1v) is 1.64. The van der Waals surface area contributed by atoms with E-state index in [-0.39, 0.29) is 57.1 Å². The van der Waals surface area contributed by atoms with Gasteiger partial charge in [-0.05, 0) is 6.58 Å². The van der Waals surface area contributed by atoms with Crippen molar-refractivity contribution in [3.05, 3.63) is 12.3 Å². The first-order valence-electron chi connectivity index (χ1n) is 1.64. The van der Waals surface area contributed by atoms with Crippen LogP contribution in [0.4, 0.5) is 0 Å². The smallest absolute Gasteiger partial charge is 0.370 e. The third-order valence-electron chi connectivity index (χ3n) is 0.485. The van der Waals surface area contributed by atoms with Gasteiger partial charge in [0.15, 0.2) is 5.76 Å². The number of methoxy groups -OCH3 is 1. The number of hydrogen-bond donors (Lipinski definition) is 1. The maximum absolute atomic E-state index is 9.71. The van der Waals surface area contributed by atoms with Crippen molar-refractivity contribution >= 4 is 57.4 Å². The van der Waals surface area contributed by atoms with Gasteiger partial charge in [0.2, 0.25) is 0 Å². The molecule has 0 amide bonds. The van der Waals surface area contributed by atoms with Crippen LogP contribution in [0.5, 0.6) is 0 Å². The molecule has 3 nitrogen and oxygen atoms in total. The molecule has 0 aromatic heterocycles. The predicted octanol–water partition coefficient (Wildman–Crippen LogP) is -0.150. The van der Waals surface area contributed by atoms with E-state index in [1.165, 1.54) is 7.11 Å². The minimum atomic E-state index is -1.12. The molecule has 1 N–H and O–H groups in total. The van der Waals surface area contributed by atoms with Gasteiger partial charge < -0.3 is 9.84 Å². The summed E-state index contributed by atoms with van der Waals surface area (Å²) in [6.45, 7) is 3.05. The Morgan fingerprint density at radius 1 is 1.75 bits per heavy atom. The third-order valence-corrected chi connectivity index (χ3v) is 0.485. The van der Waals surface area contributed by atoms with E-state index >= 15 is 0 Å². The zero-order valence-electron chi connectivity index (χ0n) is 4.97. The first-order chi connectivity index (χ1) is 3.18. The molecular formula is C4H6KO3. The van der Waals surface area contributed by atoms with E-state index < -0.39 is 5.97 Å². The molecule has 0 aliphatic heterocycles. The molecule has 0 spiro atoms. The van der Waals surface area contributed by atoms with E-state index in [2.05, 4.69) is 11.3 Å². The molecule has 0 bridgehead atoms. The Morgan fingerprint density at radius 3 is 2.12 bits per heavy atom. The molecule has 0 fully saturated rings. The summed E-state index contributed by atoms with van der Waals surface area (Å²) in [7, 11) is 1.26. The number of aliphatic carboxylic acids is 1. The molecule has 0 saturated carbocycles. The minimum Gasteiger partial charge on any atom is -0.490 e. The molecule has 1 radical (unpaired) electrons. The number of hydrogen-bond acceptors (Lipinski definition) is 2. The average molecular weight is 141 g/mol. The molecule has 0 aromatic carbocycles. The predicted molar refractivity (Wildman–Crippen MR) is 29.5 cm³/mol. The van der Waals surface area contributed by atoms with Gasteiger partial charge in [0.25, 0.3) is 0 Å². The van der Waals surface area contributed by atoms with Crippen molar-refractivity contribution < 1.29 is 14.6 Å². The van der Waals surface area contributed by atoms with Crippen LogP contribution in [-0.2, 0) is 9.53 Å². The van der Waals surface area contributed by atoms with Crippen LogP contribution in [0.25, 0.3) is 0 Å². The standard InChI is InChI=1S/C4H6O3.K/c1-3(7-2)4(5)6;/h1H2,2H3,(H,5,6);. The number of carbonyl (C=O) groups is 1. The minimum absolute atomic E-state index is 0. The Morgan fingerprint density at radius 2 is 2.12 bits per heavy atom. The molecule has 8 heavy (non-hydrogen) atoms. The number of carboxylic acid groups (broad SMARTS) is 1. The van der Waals surface area contributed by atoms with Gasteiger partial charge >= 0.3 is 5.97 Å². The summed E-state index contributed by atoms with van der Waals surface area (Å²) in [6.07, 6.45) is 0. The van der Waals surface area contributed by atoms with Crippen molar-refractivity contribution in [2.45, 2.75) is 0 Å². The van der Waals surface area contributed by atoms with E-state index in [9.17, 15) is 4.79 Å². The Labute approximate surface area is 90.1 Å². The van der Waals surface area contributed by atoms with Crippen molar-refractivity contribution in [1.82, 2.24) is 0 Å². The van der Waals surface area contributed by atoms with Gasteiger partial charge in [-0.1, -0.05) is 0 Å². The summed E-state index contributed by atoms with van der Waals surface area (Å²) < 4.78 is 4.22. The molecule has 0 rings (SSSR count). The molecule has 0 aromatic rings. The fraction of sp³-hybridized carbons (Fsp3) is 0.250. The molecule has 0 heterocycles. The Kier molecular flexibility index (Phi) is 8.26. The molecule has 0 aliphatic carbocycles. The molecule has 0 unspecified atom stereocenters. The number of carboxylic acids is 1. The van der Waals surface area contributed by atoms with Crippen LogP contribution in [0.3, 0.4) is 0 Å². The number of ether oxygens (including phenoxy) is 1. The summed E-state index contributed by atoms with van der Waals surface area (Å²) >= 11 is 0. The summed E-state index contributed by atoms with van der Waals surface area (Å²) in [6, 6.07) is 0. The van der Waals surface area contributed by atoms with Crippen LogP contribution in [-0.4, -0.2) is 69.6 Å². The van der Waals surface area contributed by atoms with Crippen LogP contribution in [0.15, 0.2) is 12.3 Å². The van der Waals surface area contributed by atoms with Crippen molar-refractivity contribution in [1.29, 1.82) is 0 Å². The van der Waals surface area contributed by atoms with Crippen LogP contribution < -0.4 is 0 Å². The number of rotatable bonds is 2. The van der Waals surface area contributed by atoms with Crippen LogP contribution >= 0.6 is 0 Å². The molecule has 41 valence electrons. The van der Waals surface area contributed by atoms with E-state index in [0.29, 0.717) is 0 Å². The van der Waals surface area contributed by atoms with Crippen molar-refractivity contribution in [2.75, 3.05) is 7.11 Å². The van der Waals surface area contributed by atoms with Crippen LogP contribution in [0, 0.1) is 0 Å². The molecule has 0 aliphatic rings. The second kappa shape index (κ2) is 5.78. The normalized spacial score (nSPS) is 6.62. The van der Waals surface area contributed by atoms with Gasteiger partial charge in [0.1, 0.15) is 0 Å². The van der Waals surface area contributed by atoms with Gasteiger partial charge in [-0.15, -0.1) is 0 Å². The Hall–Kier alpha value is 0.646. The third kappa shape index (κ3) is 4.80. The van der Waals surface area contributed by atoms with Crippen LogP contribution in [0.1, 0.15) is 0 Å². The Balaban J connectivity index is 0. The monoisotopic (exact) mass is 141 g/mol. The molecular weight excluding hydrogens is 135 g/mol. The second-order valence-corrected chi connectivity index (χ2v) is 0.932. The zero-order valence-corrected chi connectivity index (χ0v) is 8.09. The first kappa shape index (κ1) is 11.4. The molecule has 0 atom stereocenters. The summed E-state index contributed by atoms with van der Waals surface area (Å²) in [5.74, 6) is -1.36. The average Bonchev–Trinajstić information content (AvgIpc) is 1.65. The van der Waals surface area contributed by atoms with Gasteiger partial charge in [-0.3, -0.25) is 0 Å². The van der Waals surface area contributed by atoms with Crippen molar-refractivity contribution in [2.24, 2.45) is 0 Å². The maximum atomic E-state index is 9.71. The maximum Gasteiger partial charge on any atom is 0.370 e. The largest absolute Gasteiger partial charge is 0.490 e. The summed E-state index contributed by atoms with van der Waals surface area (Å²) in [4.78, 5) is 9.71. The topological polar surface area (TPSA) is 46.5 Å². The van der Waals surface area contributed by atoms with E-state index in [1.807, 2.05) is 0 Å². The van der Waals surface area contributed by atoms with Crippen molar-refractivity contribution in [3.63, 3.8) is 0 Å². The van der Waals surface area contributed by atoms with E-state index in [0.717, 1.165) is 0 Å². The summed E-state index contributed by atoms with van der Waals surface area (Å²) in [5, 5.41) is 7.96. The molecule has 4 heteroatoms. The van der Waals surface area contributed by atoms with E-state index in [1.54, 1.807) is 0 Å². The fourth-order valence-electron chi connectivity index (χ4n) is 0.0873. The zero-order chi connectivity index (χ0) is 5.86. The summed E-state index contributed by atoms with van der Waals surface area (Å²) in [5.41, 5.74) is 0. The van der Waals surface area contributed by atoms with Gasteiger partial charge in [-0.25, -0.2) is 4.79 Å².